The van der Waals surface area contributed by atoms with Gasteiger partial charge in [0.05, 0.1) is 32.4 Å². The van der Waals surface area contributed by atoms with Crippen molar-refractivity contribution in [2.75, 3.05) is 26.1 Å². The summed E-state index contributed by atoms with van der Waals surface area (Å²) in [7, 11) is 3.17. The number of β-amino-alcohol motifs (C(OH)–C–C–N with tert-alkyl or cyclic N) is 1. The summed E-state index contributed by atoms with van der Waals surface area (Å²) in [5, 5.41) is 29.2. The Morgan fingerprint density at radius 2 is 1.62 bits per heavy atom. The molecule has 7 N–H and O–H groups in total. The molecule has 40 heavy (non-hydrogen) atoms. The molecule has 0 bridgehead atoms. The molecule has 0 saturated carbocycles. The van der Waals surface area contributed by atoms with Crippen LogP contribution in [0.15, 0.2) is 60.7 Å². The number of anilines is 1. The van der Waals surface area contributed by atoms with Crippen LogP contribution in [0.1, 0.15) is 42.2 Å². The number of primary amides is 1. The molecule has 0 spiro atoms. The average Bonchev–Trinajstić information content (AvgIpc) is 2.91. The van der Waals surface area contributed by atoms with Crippen molar-refractivity contribution < 1.29 is 29.3 Å². The number of carbonyl (C=O) groups excluding carboxylic acids is 2. The van der Waals surface area contributed by atoms with E-state index in [1.807, 2.05) is 50.2 Å². The second kappa shape index (κ2) is 13.7. The van der Waals surface area contributed by atoms with Crippen LogP contribution < -0.4 is 31.2 Å². The van der Waals surface area contributed by atoms with Gasteiger partial charge < -0.3 is 41.4 Å². The molecule has 10 heteroatoms. The molecule has 0 heterocycles. The number of methoxy groups -OCH3 is 2. The number of phenolic OH excluding ortho intramolecular Hbond substituents is 1. The molecule has 0 saturated heterocycles. The highest BCUT2D eigenvalue weighted by molar-refractivity contribution is 5.89. The number of aliphatic hydroxyl groups is 1. The molecular weight excluding hydrogens is 512 g/mol. The van der Waals surface area contributed by atoms with Gasteiger partial charge in [0.2, 0.25) is 5.91 Å². The SMILES string of the molecule is COc1cc(CNC(=O)Cc2cccc(CC(C)(C)NC[C@H](O)c3ccc(O)c(NC(N)=O)c3)c2)cc(OC)c1. The van der Waals surface area contributed by atoms with E-state index in [-0.39, 0.29) is 35.8 Å². The van der Waals surface area contributed by atoms with Crippen molar-refractivity contribution in [1.82, 2.24) is 10.6 Å². The van der Waals surface area contributed by atoms with Crippen LogP contribution in [0.3, 0.4) is 0 Å². The standard InChI is InChI=1S/C30H38N4O6/c1-30(2,33-18-27(36)22-8-9-26(35)25(14-22)34-29(31)38)16-20-7-5-6-19(10-20)13-28(37)32-17-21-11-23(39-3)15-24(12-21)40-4/h5-12,14-15,27,33,35-36H,13,16-18H2,1-4H3,(H,32,37)(H3,31,34,38)/t27-/m0/s1. The highest BCUT2D eigenvalue weighted by Crippen LogP contribution is 2.27. The average molecular weight is 551 g/mol. The number of amides is 3. The van der Waals surface area contributed by atoms with E-state index in [1.165, 1.54) is 12.1 Å². The van der Waals surface area contributed by atoms with Crippen LogP contribution in [0.4, 0.5) is 10.5 Å². The molecule has 3 amide bonds. The monoisotopic (exact) mass is 550 g/mol. The van der Waals surface area contributed by atoms with E-state index < -0.39 is 12.1 Å². The molecule has 0 aromatic heterocycles. The predicted octanol–water partition coefficient (Wildman–Crippen LogP) is 3.40. The second-order valence-electron chi connectivity index (χ2n) is 10.2. The summed E-state index contributed by atoms with van der Waals surface area (Å²) >= 11 is 0. The zero-order valence-corrected chi connectivity index (χ0v) is 23.3. The third kappa shape index (κ3) is 9.18. The van der Waals surface area contributed by atoms with Gasteiger partial charge in [-0.15, -0.1) is 0 Å². The number of hydrogen-bond donors (Lipinski definition) is 6. The lowest BCUT2D eigenvalue weighted by atomic mass is 9.93. The first-order valence-corrected chi connectivity index (χ1v) is 12.9. The molecule has 0 aliphatic rings. The Bertz CT molecular complexity index is 1310. The van der Waals surface area contributed by atoms with Crippen LogP contribution in [-0.4, -0.2) is 48.5 Å². The van der Waals surface area contributed by atoms with Crippen LogP contribution in [0.25, 0.3) is 0 Å². The lowest BCUT2D eigenvalue weighted by Crippen LogP contribution is -2.43. The van der Waals surface area contributed by atoms with Gasteiger partial charge in [0.15, 0.2) is 0 Å². The Morgan fingerprint density at radius 1 is 0.950 bits per heavy atom. The fourth-order valence-electron chi connectivity index (χ4n) is 4.32. The minimum absolute atomic E-state index is 0.0986. The van der Waals surface area contributed by atoms with Crippen LogP contribution in [0, 0.1) is 0 Å². The quantitative estimate of drug-likeness (QED) is 0.178. The minimum atomic E-state index is -0.882. The molecule has 0 radical (unpaired) electrons. The summed E-state index contributed by atoms with van der Waals surface area (Å²) in [6.07, 6.45) is 0.0141. The molecule has 0 fully saturated rings. The molecule has 214 valence electrons. The van der Waals surface area contributed by atoms with E-state index in [9.17, 15) is 19.8 Å². The summed E-state index contributed by atoms with van der Waals surface area (Å²) < 4.78 is 10.6. The van der Waals surface area contributed by atoms with E-state index >= 15 is 0 Å². The first kappa shape index (κ1) is 30.3. The molecule has 1 atom stereocenters. The van der Waals surface area contributed by atoms with Crippen molar-refractivity contribution in [2.24, 2.45) is 5.73 Å². The first-order valence-electron chi connectivity index (χ1n) is 12.9. The molecule has 0 aliphatic heterocycles. The van der Waals surface area contributed by atoms with E-state index in [1.54, 1.807) is 26.4 Å². The molecule has 3 rings (SSSR count). The summed E-state index contributed by atoms with van der Waals surface area (Å²) in [4.78, 5) is 23.8. The third-order valence-corrected chi connectivity index (χ3v) is 6.34. The number of aromatic hydroxyl groups is 1. The van der Waals surface area contributed by atoms with E-state index in [2.05, 4.69) is 16.0 Å². The zero-order valence-electron chi connectivity index (χ0n) is 23.3. The van der Waals surface area contributed by atoms with Crippen LogP contribution in [-0.2, 0) is 24.2 Å². The Morgan fingerprint density at radius 3 is 2.27 bits per heavy atom. The van der Waals surface area contributed by atoms with Gasteiger partial charge in [-0.1, -0.05) is 30.3 Å². The zero-order chi connectivity index (χ0) is 29.3. The molecular formula is C30H38N4O6. The highest BCUT2D eigenvalue weighted by atomic mass is 16.5. The number of rotatable bonds is 13. The summed E-state index contributed by atoms with van der Waals surface area (Å²) in [5.41, 5.74) is 8.23. The van der Waals surface area contributed by atoms with Crippen molar-refractivity contribution in [1.29, 1.82) is 0 Å². The number of aliphatic hydroxyl groups excluding tert-OH is 1. The maximum atomic E-state index is 12.6. The van der Waals surface area contributed by atoms with Crippen molar-refractivity contribution in [2.45, 2.75) is 44.9 Å². The number of urea groups is 1. The Labute approximate surface area is 234 Å². The topological polar surface area (TPSA) is 155 Å². The summed E-state index contributed by atoms with van der Waals surface area (Å²) in [5.74, 6) is 1.08. The normalized spacial score (nSPS) is 11.9. The van der Waals surface area contributed by atoms with Crippen molar-refractivity contribution in [3.63, 3.8) is 0 Å². The molecule has 0 unspecified atom stereocenters. The van der Waals surface area contributed by atoms with Gasteiger partial charge in [-0.3, -0.25) is 4.79 Å². The van der Waals surface area contributed by atoms with Crippen LogP contribution in [0.2, 0.25) is 0 Å². The smallest absolute Gasteiger partial charge is 0.316 e. The molecule has 10 nitrogen and oxygen atoms in total. The van der Waals surface area contributed by atoms with Crippen LogP contribution in [0.5, 0.6) is 17.2 Å². The van der Waals surface area contributed by atoms with Gasteiger partial charge in [0.1, 0.15) is 17.2 Å². The maximum absolute atomic E-state index is 12.6. The fraction of sp³-hybridized carbons (Fsp3) is 0.333. The highest BCUT2D eigenvalue weighted by Gasteiger charge is 2.21. The number of benzene rings is 3. The maximum Gasteiger partial charge on any atom is 0.316 e. The number of carbonyl (C=O) groups is 2. The van der Waals surface area contributed by atoms with Crippen LogP contribution >= 0.6 is 0 Å². The summed E-state index contributed by atoms with van der Waals surface area (Å²) in [6, 6.07) is 17.0. The van der Waals surface area contributed by atoms with E-state index in [0.717, 1.165) is 16.7 Å². The van der Waals surface area contributed by atoms with Crippen molar-refractivity contribution in [3.8, 4) is 17.2 Å². The molecule has 0 aliphatic carbocycles. The third-order valence-electron chi connectivity index (χ3n) is 6.34. The van der Waals surface area contributed by atoms with Gasteiger partial charge >= 0.3 is 6.03 Å². The Hall–Kier alpha value is -4.28. The second-order valence-corrected chi connectivity index (χ2v) is 10.2. The summed E-state index contributed by atoms with van der Waals surface area (Å²) in [6.45, 7) is 4.65. The number of ether oxygens (including phenoxy) is 2. The number of nitrogens with one attached hydrogen (secondary N) is 3. The first-order chi connectivity index (χ1) is 19.0. The van der Waals surface area contributed by atoms with Gasteiger partial charge in [-0.2, -0.15) is 0 Å². The lowest BCUT2D eigenvalue weighted by molar-refractivity contribution is -0.120. The van der Waals surface area contributed by atoms with Gasteiger partial charge in [-0.25, -0.2) is 4.79 Å². The molecule has 3 aromatic carbocycles. The van der Waals surface area contributed by atoms with Gasteiger partial charge in [0, 0.05) is 24.7 Å². The van der Waals surface area contributed by atoms with E-state index in [0.29, 0.717) is 30.0 Å². The Kier molecular flexibility index (Phi) is 10.4. The van der Waals surface area contributed by atoms with Crippen molar-refractivity contribution >= 4 is 17.6 Å². The molecule has 3 aromatic rings. The number of nitrogens with two attached hydrogens (primary N) is 1. The minimum Gasteiger partial charge on any atom is -0.506 e. The van der Waals surface area contributed by atoms with E-state index in [4.69, 9.17) is 15.2 Å². The predicted molar refractivity (Wildman–Crippen MR) is 154 cm³/mol. The lowest BCUT2D eigenvalue weighted by Gasteiger charge is -2.28. The van der Waals surface area contributed by atoms with Gasteiger partial charge in [0.25, 0.3) is 0 Å². The fourth-order valence-corrected chi connectivity index (χ4v) is 4.32. The van der Waals surface area contributed by atoms with Gasteiger partial charge in [-0.05, 0) is 66.8 Å². The number of hydrogen-bond acceptors (Lipinski definition) is 7. The number of phenols is 1. The van der Waals surface area contributed by atoms with Crippen molar-refractivity contribution in [3.05, 3.63) is 82.9 Å². The Balaban J connectivity index is 1.55. The largest absolute Gasteiger partial charge is 0.506 e.